The predicted octanol–water partition coefficient (Wildman–Crippen LogP) is 5.50. The van der Waals surface area contributed by atoms with Crippen LogP contribution in [0.25, 0.3) is 22.3 Å². The minimum atomic E-state index is -0.880. The summed E-state index contributed by atoms with van der Waals surface area (Å²) < 4.78 is 28.0. The van der Waals surface area contributed by atoms with Crippen molar-refractivity contribution in [3.63, 3.8) is 0 Å². The maximum atomic E-state index is 14.4. The van der Waals surface area contributed by atoms with Gasteiger partial charge in [0.15, 0.2) is 0 Å². The van der Waals surface area contributed by atoms with Crippen molar-refractivity contribution in [2.75, 3.05) is 44.6 Å². The standard InChI is InChI=1S/C26H30ClF2N7.C2H6/c1-16(2)36-9-7-35(8-10-36)6-5-32-17-11-25-24(33-15-17)4-3-23(34-25)19(14-30)26(31)18-12-20(27)22(29)13-21(18)28;1-2/h3-4,11-16,30,32H,5-10,31H2,1-2H3;1-2H3/b26-19+,30-14?;. The van der Waals surface area contributed by atoms with E-state index < -0.39 is 11.6 Å². The molecular weight excluding hydrogens is 508 g/mol. The smallest absolute Gasteiger partial charge is 0.144 e. The van der Waals surface area contributed by atoms with Crippen LogP contribution in [0.2, 0.25) is 5.02 Å². The molecule has 1 fully saturated rings. The second-order valence-electron chi connectivity index (χ2n) is 9.07. The van der Waals surface area contributed by atoms with Crippen molar-refractivity contribution in [2.45, 2.75) is 33.7 Å². The number of nitrogens with zero attached hydrogens (tertiary/aromatic N) is 4. The lowest BCUT2D eigenvalue weighted by Crippen LogP contribution is -2.49. The van der Waals surface area contributed by atoms with Crippen LogP contribution in [0.1, 0.15) is 39.0 Å². The van der Waals surface area contributed by atoms with Crippen molar-refractivity contribution >= 4 is 45.8 Å². The lowest BCUT2D eigenvalue weighted by Gasteiger charge is -2.36. The average Bonchev–Trinajstić information content (AvgIpc) is 2.92. The van der Waals surface area contributed by atoms with Gasteiger partial charge in [-0.25, -0.2) is 13.8 Å². The lowest BCUT2D eigenvalue weighted by atomic mass is 10.0. The molecular formula is C28H36ClF2N7. The van der Waals surface area contributed by atoms with Crippen molar-refractivity contribution in [1.82, 2.24) is 19.8 Å². The number of fused-ring (bicyclic) bond motifs is 1. The summed E-state index contributed by atoms with van der Waals surface area (Å²) in [6, 6.07) is 7.67. The highest BCUT2D eigenvalue weighted by Gasteiger charge is 2.18. The number of nitrogens with two attached hydrogens (primary N) is 1. The van der Waals surface area contributed by atoms with Crippen molar-refractivity contribution in [1.29, 1.82) is 5.41 Å². The molecule has 0 bridgehead atoms. The van der Waals surface area contributed by atoms with Crippen molar-refractivity contribution < 1.29 is 8.78 Å². The summed E-state index contributed by atoms with van der Waals surface area (Å²) in [7, 11) is 0. The van der Waals surface area contributed by atoms with Gasteiger partial charge >= 0.3 is 0 Å². The molecule has 0 amide bonds. The third-order valence-electron chi connectivity index (χ3n) is 6.44. The molecule has 1 aromatic carbocycles. The van der Waals surface area contributed by atoms with E-state index in [-0.39, 0.29) is 21.9 Å². The van der Waals surface area contributed by atoms with Gasteiger partial charge in [-0.1, -0.05) is 25.4 Å². The molecule has 4 rings (SSSR count). The molecule has 0 spiro atoms. The van der Waals surface area contributed by atoms with Crippen LogP contribution in [-0.2, 0) is 0 Å². The van der Waals surface area contributed by atoms with E-state index in [1.165, 1.54) is 0 Å². The zero-order chi connectivity index (χ0) is 27.8. The molecule has 4 N–H and O–H groups in total. The number of hydrogen-bond acceptors (Lipinski definition) is 7. The summed E-state index contributed by atoms with van der Waals surface area (Å²) in [6.45, 7) is 14.5. The van der Waals surface area contributed by atoms with Gasteiger partial charge in [0.25, 0.3) is 0 Å². The minimum absolute atomic E-state index is 0.0592. The lowest BCUT2D eigenvalue weighted by molar-refractivity contribution is 0.111. The number of rotatable bonds is 8. The SMILES string of the molecule is CC.CC(C)N1CCN(CCNc2cnc3ccc(/C(C=N)=C(/N)c4cc(Cl)c(F)cc4F)nc3c2)CC1. The highest BCUT2D eigenvalue weighted by molar-refractivity contribution is 6.31. The third kappa shape index (κ3) is 7.03. The number of benzene rings is 1. The Bertz CT molecular complexity index is 1290. The van der Waals surface area contributed by atoms with E-state index in [1.54, 1.807) is 18.3 Å². The number of allylic oxidation sites excluding steroid dienone is 1. The van der Waals surface area contributed by atoms with Crippen molar-refractivity contribution in [3.8, 4) is 0 Å². The molecule has 2 aromatic heterocycles. The first-order valence-electron chi connectivity index (χ1n) is 12.9. The average molecular weight is 544 g/mol. The van der Waals surface area contributed by atoms with Crippen molar-refractivity contribution in [3.05, 3.63) is 64.4 Å². The molecule has 3 heterocycles. The predicted molar refractivity (Wildman–Crippen MR) is 154 cm³/mol. The second kappa shape index (κ2) is 13.6. The van der Waals surface area contributed by atoms with E-state index >= 15 is 0 Å². The molecule has 204 valence electrons. The van der Waals surface area contributed by atoms with E-state index in [9.17, 15) is 8.78 Å². The maximum absolute atomic E-state index is 14.4. The molecule has 7 nitrogen and oxygen atoms in total. The molecule has 3 aromatic rings. The van der Waals surface area contributed by atoms with Gasteiger partial charge in [-0.15, -0.1) is 0 Å². The van der Waals surface area contributed by atoms with Gasteiger partial charge in [-0.05, 0) is 38.1 Å². The Morgan fingerprint density at radius 2 is 1.82 bits per heavy atom. The topological polar surface area (TPSA) is 94.2 Å². The van der Waals surface area contributed by atoms with Gasteiger partial charge in [-0.2, -0.15) is 0 Å². The number of anilines is 1. The largest absolute Gasteiger partial charge is 0.398 e. The fraction of sp³-hybridized carbons (Fsp3) is 0.393. The van der Waals surface area contributed by atoms with Gasteiger partial charge in [-0.3, -0.25) is 14.8 Å². The Hall–Kier alpha value is -3.14. The van der Waals surface area contributed by atoms with Gasteiger partial charge in [0.2, 0.25) is 0 Å². The molecule has 1 aliphatic rings. The Morgan fingerprint density at radius 3 is 2.47 bits per heavy atom. The molecule has 1 saturated heterocycles. The molecule has 0 saturated carbocycles. The van der Waals surface area contributed by atoms with Gasteiger partial charge in [0, 0.05) is 68.7 Å². The van der Waals surface area contributed by atoms with Gasteiger partial charge in [0.05, 0.1) is 39.3 Å². The summed E-state index contributed by atoms with van der Waals surface area (Å²) in [5.41, 5.74) is 8.69. The molecule has 0 unspecified atom stereocenters. The van der Waals surface area contributed by atoms with E-state index in [4.69, 9.17) is 22.7 Å². The van der Waals surface area contributed by atoms with Gasteiger partial charge < -0.3 is 16.5 Å². The highest BCUT2D eigenvalue weighted by Crippen LogP contribution is 2.27. The van der Waals surface area contributed by atoms with Crippen LogP contribution in [0, 0.1) is 17.0 Å². The number of piperazine rings is 1. The summed E-state index contributed by atoms with van der Waals surface area (Å²) in [5, 5.41) is 11.0. The first kappa shape index (κ1) is 29.4. The zero-order valence-corrected chi connectivity index (χ0v) is 23.1. The van der Waals surface area contributed by atoms with E-state index in [0.29, 0.717) is 28.8 Å². The molecule has 38 heavy (non-hydrogen) atoms. The Kier molecular flexibility index (Phi) is 10.5. The molecule has 0 aliphatic carbocycles. The van der Waals surface area contributed by atoms with Crippen LogP contribution in [0.5, 0.6) is 0 Å². The first-order chi connectivity index (χ1) is 18.3. The van der Waals surface area contributed by atoms with Crippen LogP contribution >= 0.6 is 11.6 Å². The third-order valence-corrected chi connectivity index (χ3v) is 6.73. The Balaban J connectivity index is 0.00000195. The molecule has 0 atom stereocenters. The second-order valence-corrected chi connectivity index (χ2v) is 9.48. The van der Waals surface area contributed by atoms with Crippen LogP contribution in [0.3, 0.4) is 0 Å². The highest BCUT2D eigenvalue weighted by atomic mass is 35.5. The molecule has 0 radical (unpaired) electrons. The fourth-order valence-corrected chi connectivity index (χ4v) is 4.44. The van der Waals surface area contributed by atoms with Crippen LogP contribution in [0.15, 0.2) is 36.5 Å². The molecule has 1 aliphatic heterocycles. The fourth-order valence-electron chi connectivity index (χ4n) is 4.28. The first-order valence-corrected chi connectivity index (χ1v) is 13.3. The number of pyridine rings is 2. The zero-order valence-electron chi connectivity index (χ0n) is 22.4. The summed E-state index contributed by atoms with van der Waals surface area (Å²) in [5.74, 6) is -1.75. The monoisotopic (exact) mass is 543 g/mol. The minimum Gasteiger partial charge on any atom is -0.398 e. The van der Waals surface area contributed by atoms with E-state index in [0.717, 1.165) is 57.2 Å². The van der Waals surface area contributed by atoms with E-state index in [2.05, 4.69) is 38.9 Å². The number of halogens is 3. The van der Waals surface area contributed by atoms with Gasteiger partial charge in [0.1, 0.15) is 11.6 Å². The van der Waals surface area contributed by atoms with Crippen LogP contribution in [0.4, 0.5) is 14.5 Å². The van der Waals surface area contributed by atoms with E-state index in [1.807, 2.05) is 19.9 Å². The normalized spacial score (nSPS) is 15.2. The van der Waals surface area contributed by atoms with Crippen molar-refractivity contribution in [2.24, 2.45) is 5.73 Å². The quantitative estimate of drug-likeness (QED) is 0.256. The van der Waals surface area contributed by atoms with Crippen LogP contribution < -0.4 is 11.1 Å². The number of hydrogen-bond donors (Lipinski definition) is 3. The summed E-state index contributed by atoms with van der Waals surface area (Å²) >= 11 is 5.82. The number of aromatic nitrogens is 2. The Labute approximate surface area is 228 Å². The van der Waals surface area contributed by atoms with Crippen LogP contribution in [-0.4, -0.2) is 71.3 Å². The Morgan fingerprint density at radius 1 is 1.11 bits per heavy atom. The summed E-state index contributed by atoms with van der Waals surface area (Å²) in [6.07, 6.45) is 2.76. The summed E-state index contributed by atoms with van der Waals surface area (Å²) in [4.78, 5) is 14.0. The molecule has 10 heteroatoms. The number of nitrogens with one attached hydrogen (secondary N) is 2. The maximum Gasteiger partial charge on any atom is 0.144 e.